The lowest BCUT2D eigenvalue weighted by Gasteiger charge is -2.10. The van der Waals surface area contributed by atoms with Crippen LogP contribution in [0.15, 0.2) is 86.4 Å². The number of hydrogen-bond donors (Lipinski definition) is 1. The highest BCUT2D eigenvalue weighted by Crippen LogP contribution is 2.41. The molecular weight excluding hydrogens is 338 g/mol. The predicted molar refractivity (Wildman–Crippen MR) is 98.2 cm³/mol. The molecule has 122 valence electrons. The van der Waals surface area contributed by atoms with E-state index >= 15 is 0 Å². The van der Waals surface area contributed by atoms with E-state index in [1.165, 1.54) is 0 Å². The highest BCUT2D eigenvalue weighted by molar-refractivity contribution is 8.02. The molecule has 0 amide bonds. The number of benzene rings is 2. The number of rotatable bonds is 6. The lowest BCUT2D eigenvalue weighted by atomic mass is 10.4. The van der Waals surface area contributed by atoms with Crippen molar-refractivity contribution >= 4 is 29.5 Å². The summed E-state index contributed by atoms with van der Waals surface area (Å²) in [5.41, 5.74) is 0.328. The number of aromatic carboxylic acids is 1. The van der Waals surface area contributed by atoms with Gasteiger partial charge in [0.2, 0.25) is 0 Å². The lowest BCUT2D eigenvalue weighted by molar-refractivity contribution is 0.0684. The fraction of sp³-hybridized carbons (Fsp3) is 0.105. The minimum atomic E-state index is -0.897. The maximum Gasteiger partial charge on any atom is 0.352 e. The number of aromatic nitrogens is 1. The van der Waals surface area contributed by atoms with E-state index in [0.29, 0.717) is 12.2 Å². The zero-order valence-corrected chi connectivity index (χ0v) is 14.8. The second-order valence-electron chi connectivity index (χ2n) is 5.08. The zero-order valence-electron chi connectivity index (χ0n) is 13.2. The Balaban J connectivity index is 2.04. The first-order valence-corrected chi connectivity index (χ1v) is 9.25. The number of carbonyl (C=O) groups is 1. The Morgan fingerprint density at radius 1 is 0.958 bits per heavy atom. The van der Waals surface area contributed by atoms with Gasteiger partial charge in [-0.05, 0) is 37.3 Å². The summed E-state index contributed by atoms with van der Waals surface area (Å²) in [4.78, 5) is 14.8. The van der Waals surface area contributed by atoms with Crippen molar-refractivity contribution in [1.29, 1.82) is 0 Å². The van der Waals surface area contributed by atoms with Gasteiger partial charge in [-0.15, -0.1) is 0 Å². The van der Waals surface area contributed by atoms with Gasteiger partial charge in [0.15, 0.2) is 0 Å². The van der Waals surface area contributed by atoms with Crippen molar-refractivity contribution in [2.24, 2.45) is 0 Å². The Hall–Kier alpha value is -2.11. The van der Waals surface area contributed by atoms with Crippen LogP contribution in [0.5, 0.6) is 0 Å². The van der Waals surface area contributed by atoms with E-state index in [2.05, 4.69) is 0 Å². The molecule has 0 saturated heterocycles. The van der Waals surface area contributed by atoms with Crippen molar-refractivity contribution in [3.8, 4) is 0 Å². The van der Waals surface area contributed by atoms with Crippen molar-refractivity contribution in [1.82, 2.24) is 4.57 Å². The van der Waals surface area contributed by atoms with Gasteiger partial charge in [-0.3, -0.25) is 0 Å². The van der Waals surface area contributed by atoms with Gasteiger partial charge in [-0.25, -0.2) is 4.79 Å². The van der Waals surface area contributed by atoms with E-state index in [1.807, 2.05) is 72.2 Å². The molecular formula is C19H17NO2S2. The third-order valence-corrected chi connectivity index (χ3v) is 5.79. The molecule has 5 heteroatoms. The highest BCUT2D eigenvalue weighted by atomic mass is 32.2. The SMILES string of the molecule is CCn1c(C(=O)O)cc(Sc2ccccc2)c1Sc1ccccc1. The van der Waals surface area contributed by atoms with Crippen LogP contribution < -0.4 is 0 Å². The Kier molecular flexibility index (Phi) is 5.33. The van der Waals surface area contributed by atoms with Crippen LogP contribution in [0.4, 0.5) is 0 Å². The van der Waals surface area contributed by atoms with Crippen molar-refractivity contribution in [3.63, 3.8) is 0 Å². The van der Waals surface area contributed by atoms with Crippen LogP contribution in [0.25, 0.3) is 0 Å². The molecule has 0 aliphatic heterocycles. The fourth-order valence-corrected chi connectivity index (χ4v) is 4.57. The van der Waals surface area contributed by atoms with E-state index in [-0.39, 0.29) is 0 Å². The summed E-state index contributed by atoms with van der Waals surface area (Å²) in [6.45, 7) is 2.59. The molecule has 3 aromatic rings. The van der Waals surface area contributed by atoms with Gasteiger partial charge in [0.25, 0.3) is 0 Å². The highest BCUT2D eigenvalue weighted by Gasteiger charge is 2.20. The molecule has 24 heavy (non-hydrogen) atoms. The fourth-order valence-electron chi connectivity index (χ4n) is 2.39. The van der Waals surface area contributed by atoms with Gasteiger partial charge in [-0.1, -0.05) is 59.9 Å². The van der Waals surface area contributed by atoms with Crippen LogP contribution in [0.1, 0.15) is 17.4 Å². The molecule has 0 bridgehead atoms. The summed E-state index contributed by atoms with van der Waals surface area (Å²) in [5, 5.41) is 10.5. The summed E-state index contributed by atoms with van der Waals surface area (Å²) in [5.74, 6) is -0.897. The number of nitrogens with zero attached hydrogens (tertiary/aromatic N) is 1. The van der Waals surface area contributed by atoms with Crippen LogP contribution in [0.3, 0.4) is 0 Å². The average molecular weight is 355 g/mol. The summed E-state index contributed by atoms with van der Waals surface area (Å²) in [7, 11) is 0. The molecule has 1 heterocycles. The van der Waals surface area contributed by atoms with Crippen molar-refractivity contribution in [2.75, 3.05) is 0 Å². The molecule has 0 unspecified atom stereocenters. The monoisotopic (exact) mass is 355 g/mol. The van der Waals surface area contributed by atoms with Gasteiger partial charge in [0, 0.05) is 21.2 Å². The smallest absolute Gasteiger partial charge is 0.352 e. The van der Waals surface area contributed by atoms with Crippen LogP contribution in [0, 0.1) is 0 Å². The lowest BCUT2D eigenvalue weighted by Crippen LogP contribution is -2.07. The standard InChI is InChI=1S/C19H17NO2S2/c1-2-20-16(19(21)22)13-17(23-14-9-5-3-6-10-14)18(20)24-15-11-7-4-8-12-15/h3-13H,2H2,1H3,(H,21,22). The second-order valence-corrected chi connectivity index (χ2v) is 7.26. The Labute approximate surface area is 149 Å². The first-order chi connectivity index (χ1) is 11.7. The molecule has 3 rings (SSSR count). The average Bonchev–Trinajstić information content (AvgIpc) is 2.94. The molecule has 1 aromatic heterocycles. The predicted octanol–water partition coefficient (Wildman–Crippen LogP) is 5.51. The number of hydrogen-bond acceptors (Lipinski definition) is 3. The minimum absolute atomic E-state index is 0.328. The maximum atomic E-state index is 11.6. The molecule has 0 radical (unpaired) electrons. The van der Waals surface area contributed by atoms with Gasteiger partial charge in [0.1, 0.15) is 5.69 Å². The van der Waals surface area contributed by atoms with E-state index in [4.69, 9.17) is 0 Å². The molecule has 0 aliphatic carbocycles. The first kappa shape index (κ1) is 16.7. The third kappa shape index (κ3) is 3.68. The molecule has 2 aromatic carbocycles. The van der Waals surface area contributed by atoms with Crippen molar-refractivity contribution in [2.45, 2.75) is 33.2 Å². The summed E-state index contributed by atoms with van der Waals surface area (Å²) in [6, 6.07) is 21.8. The Bertz CT molecular complexity index is 829. The van der Waals surface area contributed by atoms with Crippen LogP contribution >= 0.6 is 23.5 Å². The Morgan fingerprint density at radius 3 is 2.00 bits per heavy atom. The van der Waals surface area contributed by atoms with Gasteiger partial charge in [0.05, 0.1) is 5.03 Å². The van der Waals surface area contributed by atoms with Crippen LogP contribution in [0.2, 0.25) is 0 Å². The van der Waals surface area contributed by atoms with Crippen LogP contribution in [-0.2, 0) is 6.54 Å². The summed E-state index contributed by atoms with van der Waals surface area (Å²) in [6.07, 6.45) is 0. The van der Waals surface area contributed by atoms with Gasteiger partial charge >= 0.3 is 5.97 Å². The number of carboxylic acid groups (broad SMARTS) is 1. The van der Waals surface area contributed by atoms with E-state index in [0.717, 1.165) is 19.7 Å². The zero-order chi connectivity index (χ0) is 16.9. The van der Waals surface area contributed by atoms with E-state index in [9.17, 15) is 9.90 Å². The van der Waals surface area contributed by atoms with Gasteiger partial charge < -0.3 is 9.67 Å². The summed E-state index contributed by atoms with van der Waals surface area (Å²) >= 11 is 3.20. The third-order valence-electron chi connectivity index (χ3n) is 3.48. The summed E-state index contributed by atoms with van der Waals surface area (Å²) < 4.78 is 1.87. The van der Waals surface area contributed by atoms with E-state index < -0.39 is 5.97 Å². The molecule has 1 N–H and O–H groups in total. The first-order valence-electron chi connectivity index (χ1n) is 7.61. The van der Waals surface area contributed by atoms with Crippen molar-refractivity contribution < 1.29 is 9.90 Å². The molecule has 0 fully saturated rings. The minimum Gasteiger partial charge on any atom is -0.477 e. The maximum absolute atomic E-state index is 11.6. The molecule has 0 aliphatic rings. The Morgan fingerprint density at radius 2 is 1.50 bits per heavy atom. The topological polar surface area (TPSA) is 42.2 Å². The normalized spacial score (nSPS) is 10.7. The van der Waals surface area contributed by atoms with Crippen LogP contribution in [-0.4, -0.2) is 15.6 Å². The van der Waals surface area contributed by atoms with Gasteiger partial charge in [-0.2, -0.15) is 0 Å². The molecule has 0 spiro atoms. The number of carboxylic acids is 1. The van der Waals surface area contributed by atoms with Crippen molar-refractivity contribution in [3.05, 3.63) is 72.4 Å². The molecule has 0 saturated carbocycles. The van der Waals surface area contributed by atoms with E-state index in [1.54, 1.807) is 29.6 Å². The molecule has 0 atom stereocenters. The second kappa shape index (κ2) is 7.64. The largest absolute Gasteiger partial charge is 0.477 e. The molecule has 3 nitrogen and oxygen atoms in total. The quantitative estimate of drug-likeness (QED) is 0.633.